The normalized spacial score (nSPS) is 13.6. The second-order valence-electron chi connectivity index (χ2n) is 3.94. The fourth-order valence-electron chi connectivity index (χ4n) is 1.28. The Morgan fingerprint density at radius 1 is 1.15 bits per heavy atom. The minimum Gasteiger partial charge on any atom is -0.330 e. The van der Waals surface area contributed by atoms with E-state index >= 15 is 0 Å². The van der Waals surface area contributed by atoms with Gasteiger partial charge in [-0.25, -0.2) is 0 Å². The molecule has 0 radical (unpaired) electrons. The summed E-state index contributed by atoms with van der Waals surface area (Å²) in [4.78, 5) is 0. The molecule has 0 aromatic rings. The maximum absolute atomic E-state index is 5.89. The standard InChI is InChI=1S/C10H25N3/c1-9(2)13-8-4-6-10(12)5-3-7-11/h9-10,13H,3-8,11-12H2,1-2H3. The van der Waals surface area contributed by atoms with Gasteiger partial charge < -0.3 is 16.8 Å². The van der Waals surface area contributed by atoms with E-state index in [-0.39, 0.29) is 0 Å². The predicted molar refractivity (Wildman–Crippen MR) is 58.6 cm³/mol. The molecule has 0 bridgehead atoms. The molecule has 80 valence electrons. The van der Waals surface area contributed by atoms with Gasteiger partial charge in [-0.3, -0.25) is 0 Å². The molecular formula is C10H25N3. The van der Waals surface area contributed by atoms with Crippen LogP contribution in [0, 0.1) is 0 Å². The lowest BCUT2D eigenvalue weighted by Gasteiger charge is -2.12. The number of nitrogens with two attached hydrogens (primary N) is 2. The van der Waals surface area contributed by atoms with Gasteiger partial charge in [-0.2, -0.15) is 0 Å². The van der Waals surface area contributed by atoms with Crippen molar-refractivity contribution in [3.63, 3.8) is 0 Å². The minimum atomic E-state index is 0.345. The van der Waals surface area contributed by atoms with Gasteiger partial charge in [0, 0.05) is 12.1 Å². The first-order valence-corrected chi connectivity index (χ1v) is 5.36. The molecule has 0 aliphatic rings. The van der Waals surface area contributed by atoms with Crippen molar-refractivity contribution in [2.24, 2.45) is 11.5 Å². The molecule has 0 spiro atoms. The fourth-order valence-corrected chi connectivity index (χ4v) is 1.28. The first kappa shape index (κ1) is 12.9. The van der Waals surface area contributed by atoms with E-state index in [9.17, 15) is 0 Å². The smallest absolute Gasteiger partial charge is 0.00397 e. The summed E-state index contributed by atoms with van der Waals surface area (Å²) >= 11 is 0. The maximum atomic E-state index is 5.89. The van der Waals surface area contributed by atoms with Crippen molar-refractivity contribution in [2.45, 2.75) is 51.6 Å². The monoisotopic (exact) mass is 187 g/mol. The molecule has 1 unspecified atom stereocenters. The summed E-state index contributed by atoms with van der Waals surface area (Å²) < 4.78 is 0. The number of nitrogens with one attached hydrogen (secondary N) is 1. The van der Waals surface area contributed by atoms with Gasteiger partial charge in [-0.1, -0.05) is 13.8 Å². The average Bonchev–Trinajstić information content (AvgIpc) is 2.08. The molecule has 0 aromatic heterocycles. The van der Waals surface area contributed by atoms with Crippen molar-refractivity contribution in [3.8, 4) is 0 Å². The Morgan fingerprint density at radius 3 is 2.31 bits per heavy atom. The van der Waals surface area contributed by atoms with E-state index in [2.05, 4.69) is 19.2 Å². The lowest BCUT2D eigenvalue weighted by atomic mass is 10.1. The minimum absolute atomic E-state index is 0.345. The molecule has 0 fully saturated rings. The van der Waals surface area contributed by atoms with Crippen LogP contribution in [0.25, 0.3) is 0 Å². The summed E-state index contributed by atoms with van der Waals surface area (Å²) in [7, 11) is 0. The molecule has 0 amide bonds. The molecule has 0 aliphatic heterocycles. The molecule has 5 N–H and O–H groups in total. The molecule has 13 heavy (non-hydrogen) atoms. The summed E-state index contributed by atoms with van der Waals surface area (Å²) in [6.45, 7) is 6.16. The van der Waals surface area contributed by atoms with Crippen LogP contribution in [0.4, 0.5) is 0 Å². The van der Waals surface area contributed by atoms with Gasteiger partial charge in [0.05, 0.1) is 0 Å². The molecule has 3 nitrogen and oxygen atoms in total. The lowest BCUT2D eigenvalue weighted by molar-refractivity contribution is 0.496. The van der Waals surface area contributed by atoms with Crippen LogP contribution in [0.5, 0.6) is 0 Å². The zero-order chi connectivity index (χ0) is 10.1. The van der Waals surface area contributed by atoms with Gasteiger partial charge in [0.25, 0.3) is 0 Å². The van der Waals surface area contributed by atoms with E-state index in [1.807, 2.05) is 0 Å². The third kappa shape index (κ3) is 9.80. The molecule has 3 heteroatoms. The van der Waals surface area contributed by atoms with E-state index < -0.39 is 0 Å². The van der Waals surface area contributed by atoms with Gasteiger partial charge in [0.15, 0.2) is 0 Å². The van der Waals surface area contributed by atoms with Gasteiger partial charge in [-0.15, -0.1) is 0 Å². The number of hydrogen-bond donors (Lipinski definition) is 3. The highest BCUT2D eigenvalue weighted by atomic mass is 14.9. The molecule has 0 rings (SSSR count). The van der Waals surface area contributed by atoms with E-state index in [1.165, 1.54) is 6.42 Å². The zero-order valence-corrected chi connectivity index (χ0v) is 9.05. The summed E-state index contributed by atoms with van der Waals surface area (Å²) in [5.41, 5.74) is 11.3. The fraction of sp³-hybridized carbons (Fsp3) is 1.00. The van der Waals surface area contributed by atoms with E-state index in [0.717, 1.165) is 32.4 Å². The van der Waals surface area contributed by atoms with Crippen LogP contribution in [0.2, 0.25) is 0 Å². The van der Waals surface area contributed by atoms with Crippen LogP contribution in [-0.2, 0) is 0 Å². The van der Waals surface area contributed by atoms with Crippen LogP contribution in [0.15, 0.2) is 0 Å². The van der Waals surface area contributed by atoms with Gasteiger partial charge in [0.2, 0.25) is 0 Å². The maximum Gasteiger partial charge on any atom is 0.00397 e. The summed E-state index contributed by atoms with van der Waals surface area (Å²) in [5.74, 6) is 0. The van der Waals surface area contributed by atoms with E-state index in [1.54, 1.807) is 0 Å². The van der Waals surface area contributed by atoms with E-state index in [0.29, 0.717) is 12.1 Å². The molecule has 0 saturated carbocycles. The van der Waals surface area contributed by atoms with Gasteiger partial charge >= 0.3 is 0 Å². The highest BCUT2D eigenvalue weighted by Gasteiger charge is 2.01. The third-order valence-electron chi connectivity index (χ3n) is 2.08. The largest absolute Gasteiger partial charge is 0.330 e. The van der Waals surface area contributed by atoms with Gasteiger partial charge in [0.1, 0.15) is 0 Å². The van der Waals surface area contributed by atoms with Crippen LogP contribution >= 0.6 is 0 Å². The summed E-state index contributed by atoms with van der Waals surface area (Å²) in [5, 5.41) is 3.38. The van der Waals surface area contributed by atoms with Crippen LogP contribution in [0.3, 0.4) is 0 Å². The summed E-state index contributed by atoms with van der Waals surface area (Å²) in [6.07, 6.45) is 4.40. The Kier molecular flexibility index (Phi) is 8.40. The van der Waals surface area contributed by atoms with Crippen molar-refractivity contribution in [1.82, 2.24) is 5.32 Å². The molecule has 0 aromatic carbocycles. The number of rotatable bonds is 8. The third-order valence-corrected chi connectivity index (χ3v) is 2.08. The SMILES string of the molecule is CC(C)NCCCC(N)CCCN. The second kappa shape index (κ2) is 8.48. The molecule has 0 saturated heterocycles. The van der Waals surface area contributed by atoms with Crippen molar-refractivity contribution in [1.29, 1.82) is 0 Å². The number of hydrogen-bond acceptors (Lipinski definition) is 3. The Hall–Kier alpha value is -0.120. The first-order valence-electron chi connectivity index (χ1n) is 5.36. The van der Waals surface area contributed by atoms with Crippen molar-refractivity contribution in [3.05, 3.63) is 0 Å². The quantitative estimate of drug-likeness (QED) is 0.493. The average molecular weight is 187 g/mol. The Balaban J connectivity index is 3.12. The van der Waals surface area contributed by atoms with Crippen molar-refractivity contribution in [2.75, 3.05) is 13.1 Å². The summed E-state index contributed by atoms with van der Waals surface area (Å²) in [6, 6.07) is 0.928. The highest BCUT2D eigenvalue weighted by Crippen LogP contribution is 2.00. The van der Waals surface area contributed by atoms with Crippen molar-refractivity contribution < 1.29 is 0 Å². The Bertz CT molecular complexity index is 104. The topological polar surface area (TPSA) is 64.1 Å². The lowest BCUT2D eigenvalue weighted by Crippen LogP contribution is -2.26. The molecule has 1 atom stereocenters. The predicted octanol–water partition coefficient (Wildman–Crippen LogP) is 0.831. The van der Waals surface area contributed by atoms with Crippen LogP contribution in [0.1, 0.15) is 39.5 Å². The van der Waals surface area contributed by atoms with Crippen LogP contribution < -0.4 is 16.8 Å². The molecule has 0 aliphatic carbocycles. The Morgan fingerprint density at radius 2 is 1.77 bits per heavy atom. The van der Waals surface area contributed by atoms with E-state index in [4.69, 9.17) is 11.5 Å². The molecular weight excluding hydrogens is 162 g/mol. The van der Waals surface area contributed by atoms with Gasteiger partial charge in [-0.05, 0) is 38.8 Å². The second-order valence-corrected chi connectivity index (χ2v) is 3.94. The Labute approximate surface area is 82.3 Å². The highest BCUT2D eigenvalue weighted by molar-refractivity contribution is 4.63. The first-order chi connectivity index (χ1) is 6.16. The zero-order valence-electron chi connectivity index (χ0n) is 9.05. The van der Waals surface area contributed by atoms with Crippen molar-refractivity contribution >= 4 is 0 Å². The molecule has 0 heterocycles. The van der Waals surface area contributed by atoms with Crippen LogP contribution in [-0.4, -0.2) is 25.2 Å².